The fourth-order valence-electron chi connectivity index (χ4n) is 2.58. The Kier molecular flexibility index (Phi) is 5.76. The average molecular weight is 353 g/mol. The number of hydrogen-bond acceptors (Lipinski definition) is 4. The van der Waals surface area contributed by atoms with Gasteiger partial charge in [-0.3, -0.25) is 0 Å². The third-order valence-electron chi connectivity index (χ3n) is 3.95. The summed E-state index contributed by atoms with van der Waals surface area (Å²) < 4.78 is 7.97. The van der Waals surface area contributed by atoms with Crippen LogP contribution in [0.25, 0.3) is 0 Å². The first-order valence-corrected chi connectivity index (χ1v) is 9.44. The standard InChI is InChI=1S/C20H23N3OS/c1-4-23-19(13-24-18-10-8-15(2)9-11-18)21-22-20(23)25-14-17-7-5-6-16(3)12-17/h5-12H,4,13-14H2,1-3H3. The Morgan fingerprint density at radius 3 is 2.52 bits per heavy atom. The lowest BCUT2D eigenvalue weighted by Crippen LogP contribution is -2.07. The molecule has 0 saturated carbocycles. The quantitative estimate of drug-likeness (QED) is 0.573. The van der Waals surface area contributed by atoms with Crippen molar-refractivity contribution < 1.29 is 4.74 Å². The Hall–Kier alpha value is -2.27. The van der Waals surface area contributed by atoms with Gasteiger partial charge in [-0.05, 0) is 38.5 Å². The number of nitrogens with zero attached hydrogens (tertiary/aromatic N) is 3. The van der Waals surface area contributed by atoms with Crippen LogP contribution < -0.4 is 4.74 Å². The van der Waals surface area contributed by atoms with E-state index in [1.54, 1.807) is 11.8 Å². The number of aryl methyl sites for hydroxylation is 2. The first kappa shape index (κ1) is 17.5. The van der Waals surface area contributed by atoms with E-state index in [0.29, 0.717) is 6.61 Å². The molecule has 0 N–H and O–H groups in total. The van der Waals surface area contributed by atoms with Gasteiger partial charge in [0.1, 0.15) is 12.4 Å². The van der Waals surface area contributed by atoms with Crippen molar-refractivity contribution in [3.8, 4) is 5.75 Å². The normalized spacial score (nSPS) is 10.8. The number of aromatic nitrogens is 3. The van der Waals surface area contributed by atoms with Crippen LogP contribution in [0.5, 0.6) is 5.75 Å². The van der Waals surface area contributed by atoms with Crippen LogP contribution in [0, 0.1) is 13.8 Å². The SMILES string of the molecule is CCn1c(COc2ccc(C)cc2)nnc1SCc1cccc(C)c1. The number of thioether (sulfide) groups is 1. The van der Waals surface area contributed by atoms with E-state index in [4.69, 9.17) is 4.74 Å². The fraction of sp³-hybridized carbons (Fsp3) is 0.300. The summed E-state index contributed by atoms with van der Waals surface area (Å²) in [6, 6.07) is 16.6. The van der Waals surface area contributed by atoms with Gasteiger partial charge in [0, 0.05) is 12.3 Å². The highest BCUT2D eigenvalue weighted by atomic mass is 32.2. The number of benzene rings is 2. The Balaban J connectivity index is 1.64. The van der Waals surface area contributed by atoms with Crippen molar-refractivity contribution in [2.24, 2.45) is 0 Å². The molecule has 0 fully saturated rings. The van der Waals surface area contributed by atoms with Gasteiger partial charge in [0.25, 0.3) is 0 Å². The zero-order valence-electron chi connectivity index (χ0n) is 14.9. The zero-order chi connectivity index (χ0) is 17.6. The molecule has 0 aliphatic rings. The topological polar surface area (TPSA) is 39.9 Å². The summed E-state index contributed by atoms with van der Waals surface area (Å²) >= 11 is 1.71. The van der Waals surface area contributed by atoms with Gasteiger partial charge in [-0.25, -0.2) is 0 Å². The van der Waals surface area contributed by atoms with Gasteiger partial charge < -0.3 is 9.30 Å². The van der Waals surface area contributed by atoms with Crippen molar-refractivity contribution in [1.82, 2.24) is 14.8 Å². The van der Waals surface area contributed by atoms with Crippen LogP contribution in [0.4, 0.5) is 0 Å². The summed E-state index contributed by atoms with van der Waals surface area (Å²) in [6.07, 6.45) is 0. The molecule has 0 bridgehead atoms. The minimum atomic E-state index is 0.426. The van der Waals surface area contributed by atoms with Crippen molar-refractivity contribution >= 4 is 11.8 Å². The molecule has 4 nitrogen and oxygen atoms in total. The Morgan fingerprint density at radius 1 is 1.00 bits per heavy atom. The maximum Gasteiger partial charge on any atom is 0.191 e. The van der Waals surface area contributed by atoms with Gasteiger partial charge in [-0.15, -0.1) is 10.2 Å². The maximum absolute atomic E-state index is 5.85. The summed E-state index contributed by atoms with van der Waals surface area (Å²) in [5, 5.41) is 9.60. The molecule has 5 heteroatoms. The lowest BCUT2D eigenvalue weighted by Gasteiger charge is -2.09. The number of hydrogen-bond donors (Lipinski definition) is 0. The van der Waals surface area contributed by atoms with Gasteiger partial charge in [0.2, 0.25) is 0 Å². The first-order valence-electron chi connectivity index (χ1n) is 8.45. The van der Waals surface area contributed by atoms with Crippen LogP contribution >= 0.6 is 11.8 Å². The second-order valence-corrected chi connectivity index (χ2v) is 6.97. The van der Waals surface area contributed by atoms with Gasteiger partial charge >= 0.3 is 0 Å². The third-order valence-corrected chi connectivity index (χ3v) is 4.99. The van der Waals surface area contributed by atoms with Crippen molar-refractivity contribution in [3.05, 3.63) is 71.0 Å². The van der Waals surface area contributed by atoms with Crippen molar-refractivity contribution in [1.29, 1.82) is 0 Å². The summed E-state index contributed by atoms with van der Waals surface area (Å²) in [5.74, 6) is 2.60. The highest BCUT2D eigenvalue weighted by Crippen LogP contribution is 2.23. The van der Waals surface area contributed by atoms with Crippen LogP contribution in [0.1, 0.15) is 29.4 Å². The van der Waals surface area contributed by atoms with Crippen LogP contribution in [0.2, 0.25) is 0 Å². The zero-order valence-corrected chi connectivity index (χ0v) is 15.7. The third kappa shape index (κ3) is 4.63. The second kappa shape index (κ2) is 8.21. The van der Waals surface area contributed by atoms with E-state index in [2.05, 4.69) is 59.8 Å². The minimum Gasteiger partial charge on any atom is -0.486 e. The highest BCUT2D eigenvalue weighted by Gasteiger charge is 2.12. The summed E-state index contributed by atoms with van der Waals surface area (Å²) in [7, 11) is 0. The molecule has 3 rings (SSSR count). The highest BCUT2D eigenvalue weighted by molar-refractivity contribution is 7.98. The summed E-state index contributed by atoms with van der Waals surface area (Å²) in [5.41, 5.74) is 3.80. The molecule has 0 saturated heterocycles. The Labute approximate surface area is 153 Å². The van der Waals surface area contributed by atoms with Crippen molar-refractivity contribution in [2.45, 2.75) is 44.8 Å². The molecule has 0 amide bonds. The molecule has 3 aromatic rings. The molecule has 0 aliphatic heterocycles. The predicted octanol–water partition coefficient (Wildman–Crippen LogP) is 4.79. The Morgan fingerprint density at radius 2 is 1.80 bits per heavy atom. The van der Waals surface area contributed by atoms with E-state index < -0.39 is 0 Å². The van der Waals surface area contributed by atoms with Gasteiger partial charge in [-0.1, -0.05) is 59.3 Å². The van der Waals surface area contributed by atoms with Crippen LogP contribution in [-0.4, -0.2) is 14.8 Å². The smallest absolute Gasteiger partial charge is 0.191 e. The Bertz CT molecular complexity index is 827. The van der Waals surface area contributed by atoms with Gasteiger partial charge in [0.05, 0.1) is 0 Å². The van der Waals surface area contributed by atoms with E-state index >= 15 is 0 Å². The fourth-order valence-corrected chi connectivity index (χ4v) is 3.55. The van der Waals surface area contributed by atoms with Crippen molar-refractivity contribution in [2.75, 3.05) is 0 Å². The van der Waals surface area contributed by atoms with Crippen LogP contribution in [-0.2, 0) is 18.9 Å². The average Bonchev–Trinajstić information content (AvgIpc) is 3.01. The molecule has 1 heterocycles. The molecule has 130 valence electrons. The molecule has 0 atom stereocenters. The van der Waals surface area contributed by atoms with Crippen LogP contribution in [0.15, 0.2) is 53.7 Å². The van der Waals surface area contributed by atoms with E-state index in [9.17, 15) is 0 Å². The van der Waals surface area contributed by atoms with Gasteiger partial charge in [-0.2, -0.15) is 0 Å². The van der Waals surface area contributed by atoms with E-state index in [1.807, 2.05) is 24.3 Å². The first-order chi connectivity index (χ1) is 12.2. The minimum absolute atomic E-state index is 0.426. The molecule has 2 aromatic carbocycles. The molecular formula is C20H23N3OS. The molecule has 0 spiro atoms. The maximum atomic E-state index is 5.85. The van der Waals surface area contributed by atoms with Crippen LogP contribution in [0.3, 0.4) is 0 Å². The lowest BCUT2D eigenvalue weighted by atomic mass is 10.2. The summed E-state index contributed by atoms with van der Waals surface area (Å²) in [4.78, 5) is 0. The monoisotopic (exact) mass is 353 g/mol. The molecule has 0 aliphatic carbocycles. The molecule has 0 unspecified atom stereocenters. The second-order valence-electron chi connectivity index (χ2n) is 6.02. The van der Waals surface area contributed by atoms with E-state index in [0.717, 1.165) is 29.0 Å². The van der Waals surface area contributed by atoms with Crippen molar-refractivity contribution in [3.63, 3.8) is 0 Å². The van der Waals surface area contributed by atoms with E-state index in [1.165, 1.54) is 16.7 Å². The predicted molar refractivity (Wildman–Crippen MR) is 102 cm³/mol. The molecule has 25 heavy (non-hydrogen) atoms. The molecule has 0 radical (unpaired) electrons. The lowest BCUT2D eigenvalue weighted by molar-refractivity contribution is 0.288. The number of rotatable bonds is 7. The van der Waals surface area contributed by atoms with E-state index in [-0.39, 0.29) is 0 Å². The molecule has 1 aromatic heterocycles. The number of ether oxygens (including phenoxy) is 1. The van der Waals surface area contributed by atoms with Gasteiger partial charge in [0.15, 0.2) is 11.0 Å². The summed E-state index contributed by atoms with van der Waals surface area (Å²) in [6.45, 7) is 7.54. The molecular weight excluding hydrogens is 330 g/mol. The largest absolute Gasteiger partial charge is 0.486 e.